The molecule has 0 aliphatic heterocycles. The van der Waals surface area contributed by atoms with Gasteiger partial charge in [-0.25, -0.2) is 9.78 Å². The Kier molecular flexibility index (Phi) is 6.45. The van der Waals surface area contributed by atoms with E-state index < -0.39 is 5.97 Å². The Morgan fingerprint density at radius 2 is 2.00 bits per heavy atom. The topological polar surface area (TPSA) is 65.5 Å². The van der Waals surface area contributed by atoms with E-state index in [1.54, 1.807) is 13.0 Å². The fourth-order valence-electron chi connectivity index (χ4n) is 2.28. The smallest absolute Gasteiger partial charge is 0.339 e. The highest BCUT2D eigenvalue weighted by Gasteiger charge is 2.15. The summed E-state index contributed by atoms with van der Waals surface area (Å²) in [6, 6.07) is 1.80. The first-order valence-corrected chi connectivity index (χ1v) is 7.17. The highest BCUT2D eigenvalue weighted by molar-refractivity contribution is 5.94. The summed E-state index contributed by atoms with van der Waals surface area (Å²) in [6.07, 6.45) is 0.968. The summed E-state index contributed by atoms with van der Waals surface area (Å²) in [5, 5.41) is 12.4. The second-order valence-electron chi connectivity index (χ2n) is 4.92. The number of carboxylic acids is 1. The Morgan fingerprint density at radius 1 is 1.35 bits per heavy atom. The molecule has 1 rings (SSSR count). The molecule has 1 heterocycles. The van der Waals surface area contributed by atoms with E-state index in [2.05, 4.69) is 29.0 Å². The Balaban J connectivity index is 2.66. The minimum atomic E-state index is -0.929. The molecule has 0 spiro atoms. The van der Waals surface area contributed by atoms with Gasteiger partial charge >= 0.3 is 5.97 Å². The zero-order valence-electron chi connectivity index (χ0n) is 12.9. The summed E-state index contributed by atoms with van der Waals surface area (Å²) < 4.78 is 0. The SMILES string of the molecule is CCN(CC)CCCNc1nc(C)cc(C)c1C(=O)O. The van der Waals surface area contributed by atoms with Crippen LogP contribution in [0.4, 0.5) is 5.82 Å². The maximum Gasteiger partial charge on any atom is 0.339 e. The minimum Gasteiger partial charge on any atom is -0.478 e. The third-order valence-corrected chi connectivity index (χ3v) is 3.40. The molecule has 0 aliphatic carbocycles. The van der Waals surface area contributed by atoms with Crippen molar-refractivity contribution >= 4 is 11.8 Å². The van der Waals surface area contributed by atoms with E-state index in [1.165, 1.54) is 0 Å². The van der Waals surface area contributed by atoms with Crippen LogP contribution in [-0.4, -0.2) is 47.1 Å². The quantitative estimate of drug-likeness (QED) is 0.716. The van der Waals surface area contributed by atoms with Crippen molar-refractivity contribution in [3.05, 3.63) is 22.9 Å². The molecule has 0 amide bonds. The van der Waals surface area contributed by atoms with Crippen molar-refractivity contribution < 1.29 is 9.90 Å². The molecule has 0 bridgehead atoms. The van der Waals surface area contributed by atoms with Gasteiger partial charge in [0.2, 0.25) is 0 Å². The van der Waals surface area contributed by atoms with Gasteiger partial charge in [-0.2, -0.15) is 0 Å². The number of pyridine rings is 1. The Bertz CT molecular complexity index is 457. The van der Waals surface area contributed by atoms with Gasteiger partial charge in [-0.3, -0.25) is 0 Å². The fraction of sp³-hybridized carbons (Fsp3) is 0.600. The number of carbonyl (C=O) groups is 1. The molecule has 20 heavy (non-hydrogen) atoms. The lowest BCUT2D eigenvalue weighted by Crippen LogP contribution is -2.25. The average Bonchev–Trinajstić information content (AvgIpc) is 2.37. The van der Waals surface area contributed by atoms with Crippen molar-refractivity contribution in [1.29, 1.82) is 0 Å². The lowest BCUT2D eigenvalue weighted by atomic mass is 10.1. The second-order valence-corrected chi connectivity index (χ2v) is 4.92. The van der Waals surface area contributed by atoms with Gasteiger partial charge in [0.05, 0.1) is 0 Å². The van der Waals surface area contributed by atoms with Crippen molar-refractivity contribution in [3.63, 3.8) is 0 Å². The zero-order valence-corrected chi connectivity index (χ0v) is 12.9. The number of aryl methyl sites for hydroxylation is 2. The molecular formula is C15H25N3O2. The first-order valence-electron chi connectivity index (χ1n) is 7.17. The lowest BCUT2D eigenvalue weighted by molar-refractivity contribution is 0.0697. The van der Waals surface area contributed by atoms with Crippen LogP contribution < -0.4 is 5.32 Å². The third kappa shape index (κ3) is 4.49. The largest absolute Gasteiger partial charge is 0.478 e. The number of rotatable bonds is 8. The predicted molar refractivity (Wildman–Crippen MR) is 81.6 cm³/mol. The first-order chi connectivity index (χ1) is 9.49. The van der Waals surface area contributed by atoms with Crippen LogP contribution in [0.25, 0.3) is 0 Å². The highest BCUT2D eigenvalue weighted by atomic mass is 16.4. The van der Waals surface area contributed by atoms with E-state index >= 15 is 0 Å². The molecule has 0 unspecified atom stereocenters. The molecule has 0 radical (unpaired) electrons. The molecule has 0 fully saturated rings. The van der Waals surface area contributed by atoms with E-state index in [4.69, 9.17) is 0 Å². The van der Waals surface area contributed by atoms with Crippen LogP contribution in [0.1, 0.15) is 41.9 Å². The van der Waals surface area contributed by atoms with Crippen molar-refractivity contribution in [1.82, 2.24) is 9.88 Å². The van der Waals surface area contributed by atoms with Crippen molar-refractivity contribution in [2.24, 2.45) is 0 Å². The molecule has 0 saturated carbocycles. The zero-order chi connectivity index (χ0) is 15.1. The maximum atomic E-state index is 11.3. The lowest BCUT2D eigenvalue weighted by Gasteiger charge is -2.18. The molecule has 2 N–H and O–H groups in total. The Labute approximate surface area is 121 Å². The molecule has 5 heteroatoms. The standard InChI is InChI=1S/C15H25N3O2/c1-5-18(6-2)9-7-8-16-14-13(15(19)20)11(3)10-12(4)17-14/h10H,5-9H2,1-4H3,(H,16,17)(H,19,20). The van der Waals surface area contributed by atoms with Crippen LogP contribution in [0.5, 0.6) is 0 Å². The highest BCUT2D eigenvalue weighted by Crippen LogP contribution is 2.18. The Morgan fingerprint density at radius 3 is 2.55 bits per heavy atom. The number of hydrogen-bond acceptors (Lipinski definition) is 4. The predicted octanol–water partition coefficient (Wildman–Crippen LogP) is 2.54. The molecule has 5 nitrogen and oxygen atoms in total. The van der Waals surface area contributed by atoms with E-state index in [0.29, 0.717) is 5.82 Å². The molecule has 0 saturated heterocycles. The molecule has 0 aromatic carbocycles. The van der Waals surface area contributed by atoms with Gasteiger partial charge in [0, 0.05) is 12.2 Å². The van der Waals surface area contributed by atoms with Crippen LogP contribution in [-0.2, 0) is 0 Å². The van der Waals surface area contributed by atoms with Gasteiger partial charge in [-0.05, 0) is 51.5 Å². The number of hydrogen-bond donors (Lipinski definition) is 2. The number of nitrogens with zero attached hydrogens (tertiary/aromatic N) is 2. The first kappa shape index (κ1) is 16.4. The second kappa shape index (κ2) is 7.85. The van der Waals surface area contributed by atoms with Gasteiger partial charge < -0.3 is 15.3 Å². The summed E-state index contributed by atoms with van der Waals surface area (Å²) in [6.45, 7) is 11.8. The Hall–Kier alpha value is -1.62. The van der Waals surface area contributed by atoms with Crippen LogP contribution in [0.2, 0.25) is 0 Å². The molecule has 1 aromatic rings. The minimum absolute atomic E-state index is 0.276. The van der Waals surface area contributed by atoms with E-state index in [0.717, 1.165) is 43.9 Å². The number of carboxylic acid groups (broad SMARTS) is 1. The molecule has 0 aliphatic rings. The van der Waals surface area contributed by atoms with Crippen LogP contribution in [0, 0.1) is 13.8 Å². The molecular weight excluding hydrogens is 254 g/mol. The van der Waals surface area contributed by atoms with Crippen molar-refractivity contribution in [2.75, 3.05) is 31.5 Å². The summed E-state index contributed by atoms with van der Waals surface area (Å²) in [5.41, 5.74) is 1.86. The third-order valence-electron chi connectivity index (χ3n) is 3.40. The summed E-state index contributed by atoms with van der Waals surface area (Å²) in [7, 11) is 0. The van der Waals surface area contributed by atoms with Crippen LogP contribution >= 0.6 is 0 Å². The number of nitrogens with one attached hydrogen (secondary N) is 1. The van der Waals surface area contributed by atoms with E-state index in [-0.39, 0.29) is 5.56 Å². The number of aromatic carboxylic acids is 1. The number of aromatic nitrogens is 1. The van der Waals surface area contributed by atoms with Crippen molar-refractivity contribution in [3.8, 4) is 0 Å². The van der Waals surface area contributed by atoms with Crippen molar-refractivity contribution in [2.45, 2.75) is 34.1 Å². The van der Waals surface area contributed by atoms with E-state index in [1.807, 2.05) is 6.92 Å². The van der Waals surface area contributed by atoms with Gasteiger partial charge in [0.15, 0.2) is 0 Å². The monoisotopic (exact) mass is 279 g/mol. The normalized spacial score (nSPS) is 10.8. The van der Waals surface area contributed by atoms with Gasteiger partial charge in [0.1, 0.15) is 11.4 Å². The molecule has 1 aromatic heterocycles. The summed E-state index contributed by atoms with van der Waals surface area (Å²) in [5.74, 6) is -0.448. The van der Waals surface area contributed by atoms with Crippen LogP contribution in [0.15, 0.2) is 6.07 Å². The van der Waals surface area contributed by atoms with Gasteiger partial charge in [-0.15, -0.1) is 0 Å². The number of anilines is 1. The van der Waals surface area contributed by atoms with Crippen LogP contribution in [0.3, 0.4) is 0 Å². The maximum absolute atomic E-state index is 11.3. The summed E-state index contributed by atoms with van der Waals surface area (Å²) >= 11 is 0. The molecule has 112 valence electrons. The van der Waals surface area contributed by atoms with Gasteiger partial charge in [-0.1, -0.05) is 13.8 Å². The van der Waals surface area contributed by atoms with Gasteiger partial charge in [0.25, 0.3) is 0 Å². The molecule has 0 atom stereocenters. The average molecular weight is 279 g/mol. The fourth-order valence-corrected chi connectivity index (χ4v) is 2.28. The van der Waals surface area contributed by atoms with E-state index in [9.17, 15) is 9.90 Å². The summed E-state index contributed by atoms with van der Waals surface area (Å²) in [4.78, 5) is 17.9.